The lowest BCUT2D eigenvalue weighted by molar-refractivity contribution is -0.136. The van der Waals surface area contributed by atoms with Crippen LogP contribution in [0.4, 0.5) is 11.4 Å². The molecule has 0 saturated heterocycles. The van der Waals surface area contributed by atoms with Crippen molar-refractivity contribution >= 4 is 23.3 Å². The minimum atomic E-state index is -0.904. The number of aliphatic carboxylic acids is 1. The van der Waals surface area contributed by atoms with Crippen molar-refractivity contribution in [3.63, 3.8) is 0 Å². The molecule has 0 bridgehead atoms. The van der Waals surface area contributed by atoms with E-state index in [-0.39, 0.29) is 18.9 Å². The molecule has 0 heterocycles. The molecule has 5 nitrogen and oxygen atoms in total. The Balaban J connectivity index is 3.04. The van der Waals surface area contributed by atoms with Crippen LogP contribution in [-0.2, 0) is 9.59 Å². The first-order valence-corrected chi connectivity index (χ1v) is 7.26. The van der Waals surface area contributed by atoms with E-state index in [1.165, 1.54) is 11.8 Å². The van der Waals surface area contributed by atoms with Crippen LogP contribution in [0.3, 0.4) is 0 Å². The molecule has 1 rings (SSSR count). The number of nitrogens with zero attached hydrogens (tertiary/aromatic N) is 2. The van der Waals surface area contributed by atoms with Gasteiger partial charge in [-0.1, -0.05) is 0 Å². The van der Waals surface area contributed by atoms with Gasteiger partial charge in [0.1, 0.15) is 0 Å². The minimum absolute atomic E-state index is 0.0587. The molecule has 0 saturated carbocycles. The molecular weight excluding hydrogens is 268 g/mol. The SMILES string of the molecule is CCN(CC)c1ccc(N(CCC(=O)O)C(C)=O)c(C)c1. The van der Waals surface area contributed by atoms with Crippen LogP contribution >= 0.6 is 0 Å². The van der Waals surface area contributed by atoms with Crippen LogP contribution in [-0.4, -0.2) is 36.6 Å². The van der Waals surface area contributed by atoms with Crippen molar-refractivity contribution in [1.29, 1.82) is 0 Å². The number of amides is 1. The van der Waals surface area contributed by atoms with Gasteiger partial charge in [-0.25, -0.2) is 0 Å². The van der Waals surface area contributed by atoms with Crippen molar-refractivity contribution in [2.45, 2.75) is 34.1 Å². The van der Waals surface area contributed by atoms with E-state index < -0.39 is 5.97 Å². The van der Waals surface area contributed by atoms with E-state index >= 15 is 0 Å². The fourth-order valence-electron chi connectivity index (χ4n) is 2.38. The third-order valence-corrected chi connectivity index (χ3v) is 3.53. The molecule has 0 radical (unpaired) electrons. The summed E-state index contributed by atoms with van der Waals surface area (Å²) in [6.07, 6.45) is -0.0587. The van der Waals surface area contributed by atoms with Crippen LogP contribution < -0.4 is 9.80 Å². The molecule has 1 amide bonds. The number of aryl methyl sites for hydroxylation is 1. The van der Waals surface area contributed by atoms with Gasteiger partial charge < -0.3 is 14.9 Å². The Kier molecular flexibility index (Phi) is 6.21. The van der Waals surface area contributed by atoms with Gasteiger partial charge in [0.2, 0.25) is 5.91 Å². The summed E-state index contributed by atoms with van der Waals surface area (Å²) < 4.78 is 0. The Hall–Kier alpha value is -2.04. The summed E-state index contributed by atoms with van der Waals surface area (Å²) in [4.78, 5) is 26.2. The highest BCUT2D eigenvalue weighted by Crippen LogP contribution is 2.26. The number of carbonyl (C=O) groups is 2. The van der Waals surface area contributed by atoms with Gasteiger partial charge in [-0.2, -0.15) is 0 Å². The Morgan fingerprint density at radius 3 is 2.24 bits per heavy atom. The number of hydrogen-bond acceptors (Lipinski definition) is 3. The number of carboxylic acid groups (broad SMARTS) is 1. The molecular formula is C16H24N2O3. The van der Waals surface area contributed by atoms with Gasteiger partial charge in [0.15, 0.2) is 0 Å². The van der Waals surface area contributed by atoms with E-state index in [0.29, 0.717) is 0 Å². The van der Waals surface area contributed by atoms with Crippen molar-refractivity contribution in [2.24, 2.45) is 0 Å². The summed E-state index contributed by atoms with van der Waals surface area (Å²) in [6, 6.07) is 5.91. The van der Waals surface area contributed by atoms with E-state index in [1.807, 2.05) is 25.1 Å². The van der Waals surface area contributed by atoms with Gasteiger partial charge in [0.25, 0.3) is 0 Å². The highest BCUT2D eigenvalue weighted by molar-refractivity contribution is 5.93. The zero-order valence-corrected chi connectivity index (χ0v) is 13.2. The molecule has 0 atom stereocenters. The summed E-state index contributed by atoms with van der Waals surface area (Å²) in [6.45, 7) is 9.63. The number of hydrogen-bond donors (Lipinski definition) is 1. The Morgan fingerprint density at radius 1 is 1.19 bits per heavy atom. The topological polar surface area (TPSA) is 60.9 Å². The third kappa shape index (κ3) is 4.48. The number of carboxylic acids is 1. The fraction of sp³-hybridized carbons (Fsp3) is 0.500. The lowest BCUT2D eigenvalue weighted by Gasteiger charge is -2.26. The first kappa shape index (κ1) is 17.0. The normalized spacial score (nSPS) is 10.3. The Labute approximate surface area is 126 Å². The van der Waals surface area contributed by atoms with Crippen LogP contribution in [0.5, 0.6) is 0 Å². The van der Waals surface area contributed by atoms with Crippen molar-refractivity contribution < 1.29 is 14.7 Å². The van der Waals surface area contributed by atoms with Gasteiger partial charge in [-0.15, -0.1) is 0 Å². The highest BCUT2D eigenvalue weighted by atomic mass is 16.4. The van der Waals surface area contributed by atoms with Gasteiger partial charge in [-0.05, 0) is 44.5 Å². The zero-order valence-electron chi connectivity index (χ0n) is 13.2. The van der Waals surface area contributed by atoms with Crippen molar-refractivity contribution in [3.05, 3.63) is 23.8 Å². The van der Waals surface area contributed by atoms with Gasteiger partial charge in [0, 0.05) is 37.9 Å². The molecule has 0 aromatic heterocycles. The van der Waals surface area contributed by atoms with Gasteiger partial charge in [0.05, 0.1) is 6.42 Å². The molecule has 1 aromatic rings. The summed E-state index contributed by atoms with van der Waals surface area (Å²) >= 11 is 0. The number of rotatable bonds is 7. The Bertz CT molecular complexity index is 510. The number of anilines is 2. The summed E-state index contributed by atoms with van der Waals surface area (Å²) in [5.41, 5.74) is 2.86. The second-order valence-electron chi connectivity index (χ2n) is 4.96. The average Bonchev–Trinajstić information content (AvgIpc) is 2.41. The zero-order chi connectivity index (χ0) is 16.0. The van der Waals surface area contributed by atoms with Crippen molar-refractivity contribution in [1.82, 2.24) is 0 Å². The second-order valence-corrected chi connectivity index (χ2v) is 4.96. The molecule has 5 heteroatoms. The summed E-state index contributed by atoms with van der Waals surface area (Å²) in [5, 5.41) is 8.80. The van der Waals surface area contributed by atoms with Crippen LogP contribution in [0.15, 0.2) is 18.2 Å². The summed E-state index contributed by atoms with van der Waals surface area (Å²) in [7, 11) is 0. The molecule has 1 aromatic carbocycles. The standard InChI is InChI=1S/C16H24N2O3/c1-5-17(6-2)14-7-8-15(12(3)11-14)18(13(4)19)10-9-16(20)21/h7-8,11H,5-6,9-10H2,1-4H3,(H,20,21). The first-order chi connectivity index (χ1) is 9.90. The quantitative estimate of drug-likeness (QED) is 0.839. The molecule has 0 fully saturated rings. The lowest BCUT2D eigenvalue weighted by Crippen LogP contribution is -2.31. The van der Waals surface area contributed by atoms with E-state index in [1.54, 1.807) is 0 Å². The maximum absolute atomic E-state index is 11.8. The van der Waals surface area contributed by atoms with Crippen molar-refractivity contribution in [2.75, 3.05) is 29.4 Å². The lowest BCUT2D eigenvalue weighted by atomic mass is 10.1. The van der Waals surface area contributed by atoms with E-state index in [9.17, 15) is 9.59 Å². The minimum Gasteiger partial charge on any atom is -0.481 e. The highest BCUT2D eigenvalue weighted by Gasteiger charge is 2.16. The molecule has 0 unspecified atom stereocenters. The second kappa shape index (κ2) is 7.67. The average molecular weight is 292 g/mol. The maximum Gasteiger partial charge on any atom is 0.305 e. The molecule has 21 heavy (non-hydrogen) atoms. The van der Waals surface area contributed by atoms with Crippen LogP contribution in [0.2, 0.25) is 0 Å². The molecule has 0 aliphatic rings. The van der Waals surface area contributed by atoms with Crippen molar-refractivity contribution in [3.8, 4) is 0 Å². The number of carbonyl (C=O) groups excluding carboxylic acids is 1. The largest absolute Gasteiger partial charge is 0.481 e. The predicted octanol–water partition coefficient (Wildman–Crippen LogP) is 2.67. The number of benzene rings is 1. The van der Waals surface area contributed by atoms with E-state index in [0.717, 1.165) is 30.0 Å². The fourth-order valence-corrected chi connectivity index (χ4v) is 2.38. The molecule has 0 aliphatic carbocycles. The molecule has 0 aliphatic heterocycles. The van der Waals surface area contributed by atoms with Crippen LogP contribution in [0.1, 0.15) is 32.8 Å². The van der Waals surface area contributed by atoms with Gasteiger partial charge >= 0.3 is 5.97 Å². The maximum atomic E-state index is 11.8. The monoisotopic (exact) mass is 292 g/mol. The Morgan fingerprint density at radius 2 is 1.81 bits per heavy atom. The molecule has 116 valence electrons. The molecule has 1 N–H and O–H groups in total. The molecule has 0 spiro atoms. The van der Waals surface area contributed by atoms with Crippen LogP contribution in [0.25, 0.3) is 0 Å². The predicted molar refractivity (Wildman–Crippen MR) is 85.0 cm³/mol. The van der Waals surface area contributed by atoms with Gasteiger partial charge in [-0.3, -0.25) is 9.59 Å². The summed E-state index contributed by atoms with van der Waals surface area (Å²) in [5.74, 6) is -1.05. The third-order valence-electron chi connectivity index (χ3n) is 3.53. The van der Waals surface area contributed by atoms with E-state index in [2.05, 4.69) is 18.7 Å². The van der Waals surface area contributed by atoms with Crippen LogP contribution in [0, 0.1) is 6.92 Å². The first-order valence-electron chi connectivity index (χ1n) is 7.26. The smallest absolute Gasteiger partial charge is 0.305 e. The van der Waals surface area contributed by atoms with E-state index in [4.69, 9.17) is 5.11 Å².